The number of likely N-dealkylation sites (tertiary alicyclic amines) is 1. The molecule has 0 bridgehead atoms. The molecule has 0 radical (unpaired) electrons. The lowest BCUT2D eigenvalue weighted by molar-refractivity contribution is 0.0652. The lowest BCUT2D eigenvalue weighted by Crippen LogP contribution is -2.42. The van der Waals surface area contributed by atoms with Crippen LogP contribution in [-0.4, -0.2) is 33.9 Å². The van der Waals surface area contributed by atoms with E-state index in [4.69, 9.17) is 11.5 Å². The normalized spacial score (nSPS) is 15.0. The van der Waals surface area contributed by atoms with Crippen molar-refractivity contribution in [1.29, 1.82) is 0 Å². The van der Waals surface area contributed by atoms with Gasteiger partial charge in [-0.05, 0) is 6.42 Å². The third-order valence-corrected chi connectivity index (χ3v) is 2.21. The first-order valence-electron chi connectivity index (χ1n) is 4.36. The van der Waals surface area contributed by atoms with Gasteiger partial charge in [0.05, 0.1) is 0 Å². The summed E-state index contributed by atoms with van der Waals surface area (Å²) in [6, 6.07) is 0. The van der Waals surface area contributed by atoms with Crippen molar-refractivity contribution in [1.82, 2.24) is 14.9 Å². The maximum atomic E-state index is 11.7. The number of nitrogens with zero attached hydrogens (tertiary/aromatic N) is 3. The lowest BCUT2D eigenvalue weighted by atomic mass is 10.1. The molecule has 0 aromatic carbocycles. The van der Waals surface area contributed by atoms with Crippen LogP contribution in [-0.2, 0) is 0 Å². The Morgan fingerprint density at radius 3 is 2.64 bits per heavy atom. The molecular formula is C8H11N5O. The first-order valence-corrected chi connectivity index (χ1v) is 4.36. The monoisotopic (exact) mass is 193 g/mol. The molecule has 0 atom stereocenters. The number of anilines is 2. The van der Waals surface area contributed by atoms with Crippen LogP contribution < -0.4 is 11.5 Å². The van der Waals surface area contributed by atoms with Gasteiger partial charge in [0, 0.05) is 19.3 Å². The fourth-order valence-corrected chi connectivity index (χ4v) is 1.26. The van der Waals surface area contributed by atoms with Gasteiger partial charge in [-0.3, -0.25) is 4.79 Å². The van der Waals surface area contributed by atoms with Crippen LogP contribution in [0.15, 0.2) is 6.20 Å². The zero-order valence-electron chi connectivity index (χ0n) is 7.60. The van der Waals surface area contributed by atoms with E-state index in [1.165, 1.54) is 6.20 Å². The molecule has 1 aromatic heterocycles. The smallest absolute Gasteiger partial charge is 0.259 e. The molecule has 2 rings (SSSR count). The standard InChI is InChI=1S/C8H11N5O/c9-6-5(4-11-8(10)12-6)7(14)13-2-1-3-13/h4H,1-3H2,(H4,9,10,11,12). The topological polar surface area (TPSA) is 98.1 Å². The van der Waals surface area contributed by atoms with Crippen molar-refractivity contribution in [2.75, 3.05) is 24.6 Å². The molecule has 6 heteroatoms. The predicted molar refractivity (Wildman–Crippen MR) is 51.4 cm³/mol. The minimum absolute atomic E-state index is 0.0858. The van der Waals surface area contributed by atoms with E-state index in [-0.39, 0.29) is 17.7 Å². The summed E-state index contributed by atoms with van der Waals surface area (Å²) in [4.78, 5) is 20.9. The Morgan fingerprint density at radius 2 is 2.14 bits per heavy atom. The van der Waals surface area contributed by atoms with Gasteiger partial charge in [0.2, 0.25) is 5.95 Å². The summed E-state index contributed by atoms with van der Waals surface area (Å²) >= 11 is 0. The molecule has 0 saturated carbocycles. The highest BCUT2D eigenvalue weighted by atomic mass is 16.2. The highest BCUT2D eigenvalue weighted by Gasteiger charge is 2.23. The predicted octanol–water partition coefficient (Wildman–Crippen LogP) is -0.513. The highest BCUT2D eigenvalue weighted by molar-refractivity contribution is 5.98. The van der Waals surface area contributed by atoms with Crippen LogP contribution in [0.5, 0.6) is 0 Å². The summed E-state index contributed by atoms with van der Waals surface area (Å²) in [6.45, 7) is 1.56. The molecule has 2 heterocycles. The van der Waals surface area contributed by atoms with E-state index in [0.29, 0.717) is 5.56 Å². The van der Waals surface area contributed by atoms with E-state index < -0.39 is 0 Å². The first-order chi connectivity index (χ1) is 6.68. The van der Waals surface area contributed by atoms with Gasteiger partial charge in [0.1, 0.15) is 11.4 Å². The van der Waals surface area contributed by atoms with E-state index in [2.05, 4.69) is 9.97 Å². The van der Waals surface area contributed by atoms with E-state index >= 15 is 0 Å². The fraction of sp³-hybridized carbons (Fsp3) is 0.375. The molecule has 0 spiro atoms. The highest BCUT2D eigenvalue weighted by Crippen LogP contribution is 2.15. The minimum atomic E-state index is -0.117. The zero-order chi connectivity index (χ0) is 10.1. The minimum Gasteiger partial charge on any atom is -0.383 e. The molecule has 14 heavy (non-hydrogen) atoms. The van der Waals surface area contributed by atoms with Gasteiger partial charge in [-0.2, -0.15) is 4.98 Å². The summed E-state index contributed by atoms with van der Waals surface area (Å²) in [5.41, 5.74) is 11.2. The van der Waals surface area contributed by atoms with Crippen LogP contribution in [0.1, 0.15) is 16.8 Å². The average molecular weight is 193 g/mol. The van der Waals surface area contributed by atoms with Crippen molar-refractivity contribution < 1.29 is 4.79 Å². The van der Waals surface area contributed by atoms with Crippen molar-refractivity contribution in [2.24, 2.45) is 0 Å². The van der Waals surface area contributed by atoms with Crippen LogP contribution in [0.2, 0.25) is 0 Å². The Bertz CT molecular complexity index is 374. The van der Waals surface area contributed by atoms with Crippen molar-refractivity contribution in [3.63, 3.8) is 0 Å². The fourth-order valence-electron chi connectivity index (χ4n) is 1.26. The van der Waals surface area contributed by atoms with Gasteiger partial charge < -0.3 is 16.4 Å². The van der Waals surface area contributed by atoms with Gasteiger partial charge in [-0.25, -0.2) is 4.98 Å². The van der Waals surface area contributed by atoms with Crippen LogP contribution in [0.25, 0.3) is 0 Å². The number of rotatable bonds is 1. The third kappa shape index (κ3) is 1.34. The summed E-state index contributed by atoms with van der Waals surface area (Å²) in [5, 5.41) is 0. The maximum absolute atomic E-state index is 11.7. The van der Waals surface area contributed by atoms with Gasteiger partial charge in [0.25, 0.3) is 5.91 Å². The maximum Gasteiger partial charge on any atom is 0.259 e. The van der Waals surface area contributed by atoms with E-state index in [0.717, 1.165) is 19.5 Å². The van der Waals surface area contributed by atoms with Crippen molar-refractivity contribution >= 4 is 17.7 Å². The van der Waals surface area contributed by atoms with E-state index in [1.54, 1.807) is 4.90 Å². The third-order valence-electron chi connectivity index (χ3n) is 2.21. The number of hydrogen-bond donors (Lipinski definition) is 2. The van der Waals surface area contributed by atoms with Gasteiger partial charge >= 0.3 is 0 Å². The molecule has 1 aliphatic rings. The molecule has 1 amide bonds. The number of nitrogen functional groups attached to an aromatic ring is 2. The molecule has 0 unspecified atom stereocenters. The summed E-state index contributed by atoms with van der Waals surface area (Å²) in [5.74, 6) is 0.116. The Balaban J connectivity index is 2.26. The number of aromatic nitrogens is 2. The average Bonchev–Trinajstić information content (AvgIpc) is 2.00. The molecule has 0 aliphatic carbocycles. The zero-order valence-corrected chi connectivity index (χ0v) is 7.60. The summed E-state index contributed by atoms with van der Waals surface area (Å²) < 4.78 is 0. The number of amides is 1. The molecule has 4 N–H and O–H groups in total. The molecule has 1 aromatic rings. The molecule has 6 nitrogen and oxygen atoms in total. The van der Waals surface area contributed by atoms with E-state index in [9.17, 15) is 4.79 Å². The van der Waals surface area contributed by atoms with Crippen LogP contribution >= 0.6 is 0 Å². The Hall–Kier alpha value is -1.85. The molecule has 1 aliphatic heterocycles. The number of carbonyl (C=O) groups is 1. The largest absolute Gasteiger partial charge is 0.383 e. The quantitative estimate of drug-likeness (QED) is 0.625. The van der Waals surface area contributed by atoms with Crippen LogP contribution in [0.4, 0.5) is 11.8 Å². The summed E-state index contributed by atoms with van der Waals surface area (Å²) in [6.07, 6.45) is 2.42. The van der Waals surface area contributed by atoms with Crippen LogP contribution in [0, 0.1) is 0 Å². The number of nitrogens with two attached hydrogens (primary N) is 2. The SMILES string of the molecule is Nc1ncc(C(=O)N2CCC2)c(N)n1. The second kappa shape index (κ2) is 3.13. The molecule has 1 fully saturated rings. The molecule has 74 valence electrons. The Morgan fingerprint density at radius 1 is 1.43 bits per heavy atom. The number of hydrogen-bond acceptors (Lipinski definition) is 5. The van der Waals surface area contributed by atoms with Gasteiger partial charge in [-0.1, -0.05) is 0 Å². The first kappa shape index (κ1) is 8.74. The second-order valence-corrected chi connectivity index (χ2v) is 3.17. The lowest BCUT2D eigenvalue weighted by Gasteiger charge is -2.30. The van der Waals surface area contributed by atoms with Crippen LogP contribution in [0.3, 0.4) is 0 Å². The second-order valence-electron chi connectivity index (χ2n) is 3.17. The number of carbonyl (C=O) groups excluding carboxylic acids is 1. The Kier molecular flexibility index (Phi) is 1.95. The molecular weight excluding hydrogens is 182 g/mol. The summed E-state index contributed by atoms with van der Waals surface area (Å²) in [7, 11) is 0. The van der Waals surface area contributed by atoms with E-state index in [1.807, 2.05) is 0 Å². The molecule has 1 saturated heterocycles. The van der Waals surface area contributed by atoms with Crippen molar-refractivity contribution in [3.05, 3.63) is 11.8 Å². The van der Waals surface area contributed by atoms with Crippen molar-refractivity contribution in [3.8, 4) is 0 Å². The van der Waals surface area contributed by atoms with Gasteiger partial charge in [0.15, 0.2) is 0 Å². The van der Waals surface area contributed by atoms with Crippen molar-refractivity contribution in [2.45, 2.75) is 6.42 Å². The van der Waals surface area contributed by atoms with Gasteiger partial charge in [-0.15, -0.1) is 0 Å². The Labute approximate surface area is 80.9 Å².